The molecule has 0 heterocycles. The number of rotatable bonds is 5. The smallest absolute Gasteiger partial charge is 0.120 e. The number of methoxy groups -OCH3 is 1. The highest BCUT2D eigenvalue weighted by Gasteiger charge is 2.07. The number of nitrogens with zero attached hydrogens (tertiary/aromatic N) is 1. The molecule has 2 rings (SSSR count). The van der Waals surface area contributed by atoms with Gasteiger partial charge in [0.25, 0.3) is 0 Å². The van der Waals surface area contributed by atoms with Crippen molar-refractivity contribution < 1.29 is 4.74 Å². The summed E-state index contributed by atoms with van der Waals surface area (Å²) in [6.07, 6.45) is 0. The Labute approximate surface area is 124 Å². The van der Waals surface area contributed by atoms with Crippen molar-refractivity contribution in [1.82, 2.24) is 0 Å². The molecule has 0 amide bonds. The predicted octanol–water partition coefficient (Wildman–Crippen LogP) is 3.44. The van der Waals surface area contributed by atoms with Crippen LogP contribution in [-0.4, -0.2) is 14.2 Å². The van der Waals surface area contributed by atoms with Gasteiger partial charge in [0.05, 0.1) is 7.11 Å². The Kier molecular flexibility index (Phi) is 4.88. The van der Waals surface area contributed by atoms with Crippen molar-refractivity contribution in [3.63, 3.8) is 0 Å². The molecule has 0 saturated carbocycles. The first-order valence-corrected chi connectivity index (χ1v) is 6.84. The molecule has 0 spiro atoms. The lowest BCUT2D eigenvalue weighted by atomic mass is 10.1. The van der Waals surface area contributed by atoms with Crippen LogP contribution in [0.5, 0.6) is 5.75 Å². The highest BCUT2D eigenvalue weighted by atomic mass is 35.5. The molecule has 2 N–H and O–H groups in total. The Bertz CT molecular complexity index is 586. The van der Waals surface area contributed by atoms with Crippen molar-refractivity contribution >= 4 is 17.3 Å². The first kappa shape index (κ1) is 14.7. The zero-order valence-corrected chi connectivity index (χ0v) is 12.5. The molecular weight excluding hydrogens is 272 g/mol. The number of benzene rings is 2. The number of anilines is 1. The largest absolute Gasteiger partial charge is 0.497 e. The standard InChI is InChI=1S/C16H19ClN2O/c1-19(14-4-3-5-15(9-14)20-2)11-13-7-6-12(10-18)8-16(13)17/h3-9H,10-11,18H2,1-2H3. The van der Waals surface area contributed by atoms with Crippen molar-refractivity contribution in [2.45, 2.75) is 13.1 Å². The molecule has 20 heavy (non-hydrogen) atoms. The number of hydrogen-bond acceptors (Lipinski definition) is 3. The van der Waals surface area contributed by atoms with Gasteiger partial charge in [-0.25, -0.2) is 0 Å². The van der Waals surface area contributed by atoms with Gasteiger partial charge >= 0.3 is 0 Å². The van der Waals surface area contributed by atoms with E-state index in [0.29, 0.717) is 6.54 Å². The van der Waals surface area contributed by atoms with Crippen LogP contribution in [0.3, 0.4) is 0 Å². The van der Waals surface area contributed by atoms with Gasteiger partial charge in [0.1, 0.15) is 5.75 Å². The second-order valence-electron chi connectivity index (χ2n) is 4.69. The van der Waals surface area contributed by atoms with Crippen LogP contribution in [0.1, 0.15) is 11.1 Å². The molecule has 3 nitrogen and oxygen atoms in total. The van der Waals surface area contributed by atoms with E-state index < -0.39 is 0 Å². The number of nitrogens with two attached hydrogens (primary N) is 1. The van der Waals surface area contributed by atoms with E-state index in [4.69, 9.17) is 22.1 Å². The molecular formula is C16H19ClN2O. The van der Waals surface area contributed by atoms with Gasteiger partial charge in [0, 0.05) is 36.9 Å². The van der Waals surface area contributed by atoms with Crippen LogP contribution in [0.15, 0.2) is 42.5 Å². The van der Waals surface area contributed by atoms with Crippen LogP contribution in [0.4, 0.5) is 5.69 Å². The Morgan fingerprint density at radius 1 is 1.20 bits per heavy atom. The topological polar surface area (TPSA) is 38.5 Å². The van der Waals surface area contributed by atoms with E-state index in [9.17, 15) is 0 Å². The molecule has 0 aliphatic carbocycles. The summed E-state index contributed by atoms with van der Waals surface area (Å²) < 4.78 is 5.24. The van der Waals surface area contributed by atoms with Crippen LogP contribution in [-0.2, 0) is 13.1 Å². The molecule has 0 aliphatic heterocycles. The fraction of sp³-hybridized carbons (Fsp3) is 0.250. The number of hydrogen-bond donors (Lipinski definition) is 1. The summed E-state index contributed by atoms with van der Waals surface area (Å²) in [5, 5.41) is 0.752. The van der Waals surface area contributed by atoms with Gasteiger partial charge in [-0.1, -0.05) is 29.8 Å². The molecule has 0 aliphatic rings. The van der Waals surface area contributed by atoms with E-state index in [0.717, 1.165) is 34.1 Å². The van der Waals surface area contributed by atoms with E-state index in [1.807, 2.05) is 49.5 Å². The Morgan fingerprint density at radius 2 is 2.00 bits per heavy atom. The lowest BCUT2D eigenvalue weighted by Crippen LogP contribution is -2.16. The fourth-order valence-electron chi connectivity index (χ4n) is 2.04. The van der Waals surface area contributed by atoms with Gasteiger partial charge in [0.2, 0.25) is 0 Å². The second kappa shape index (κ2) is 6.64. The molecule has 2 aromatic carbocycles. The van der Waals surface area contributed by atoms with Crippen LogP contribution in [0, 0.1) is 0 Å². The van der Waals surface area contributed by atoms with Crippen LogP contribution in [0.2, 0.25) is 5.02 Å². The molecule has 4 heteroatoms. The molecule has 0 aromatic heterocycles. The number of ether oxygens (including phenoxy) is 1. The van der Waals surface area contributed by atoms with Crippen LogP contribution >= 0.6 is 11.6 Å². The van der Waals surface area contributed by atoms with E-state index in [2.05, 4.69) is 4.90 Å². The first-order valence-electron chi connectivity index (χ1n) is 6.46. The predicted molar refractivity (Wildman–Crippen MR) is 84.4 cm³/mol. The molecule has 0 bridgehead atoms. The maximum absolute atomic E-state index is 6.29. The van der Waals surface area contributed by atoms with Crippen LogP contribution in [0.25, 0.3) is 0 Å². The van der Waals surface area contributed by atoms with Gasteiger partial charge in [-0.15, -0.1) is 0 Å². The van der Waals surface area contributed by atoms with Crippen molar-refractivity contribution in [3.05, 3.63) is 58.6 Å². The minimum absolute atomic E-state index is 0.506. The Balaban J connectivity index is 2.16. The Morgan fingerprint density at radius 3 is 2.65 bits per heavy atom. The molecule has 0 unspecified atom stereocenters. The minimum Gasteiger partial charge on any atom is -0.497 e. The normalized spacial score (nSPS) is 10.4. The summed E-state index contributed by atoms with van der Waals surface area (Å²) in [5.41, 5.74) is 8.82. The molecule has 0 fully saturated rings. The average molecular weight is 291 g/mol. The van der Waals surface area contributed by atoms with Gasteiger partial charge in [-0.05, 0) is 29.3 Å². The van der Waals surface area contributed by atoms with Gasteiger partial charge < -0.3 is 15.4 Å². The molecule has 2 aromatic rings. The second-order valence-corrected chi connectivity index (χ2v) is 5.09. The lowest BCUT2D eigenvalue weighted by Gasteiger charge is -2.21. The summed E-state index contributed by atoms with van der Waals surface area (Å²) in [5.74, 6) is 0.846. The Hall–Kier alpha value is -1.71. The summed E-state index contributed by atoms with van der Waals surface area (Å²) in [4.78, 5) is 2.13. The van der Waals surface area contributed by atoms with E-state index >= 15 is 0 Å². The van der Waals surface area contributed by atoms with Crippen molar-refractivity contribution in [2.75, 3.05) is 19.1 Å². The number of halogens is 1. The third-order valence-electron chi connectivity index (χ3n) is 3.25. The molecule has 0 saturated heterocycles. The summed E-state index contributed by atoms with van der Waals surface area (Å²) in [6.45, 7) is 1.24. The summed E-state index contributed by atoms with van der Waals surface area (Å²) in [7, 11) is 3.70. The molecule has 106 valence electrons. The monoisotopic (exact) mass is 290 g/mol. The van der Waals surface area contributed by atoms with Crippen molar-refractivity contribution in [2.24, 2.45) is 5.73 Å². The highest BCUT2D eigenvalue weighted by Crippen LogP contribution is 2.24. The zero-order chi connectivity index (χ0) is 14.5. The highest BCUT2D eigenvalue weighted by molar-refractivity contribution is 6.31. The summed E-state index contributed by atoms with van der Waals surface area (Å²) >= 11 is 6.29. The minimum atomic E-state index is 0.506. The SMILES string of the molecule is COc1cccc(N(C)Cc2ccc(CN)cc2Cl)c1. The average Bonchev–Trinajstić information content (AvgIpc) is 2.49. The molecule has 0 radical (unpaired) electrons. The quantitative estimate of drug-likeness (QED) is 0.917. The zero-order valence-electron chi connectivity index (χ0n) is 11.8. The van der Waals surface area contributed by atoms with Gasteiger partial charge in [-0.3, -0.25) is 0 Å². The first-order chi connectivity index (χ1) is 9.63. The van der Waals surface area contributed by atoms with E-state index in [1.165, 1.54) is 0 Å². The van der Waals surface area contributed by atoms with Crippen molar-refractivity contribution in [3.8, 4) is 5.75 Å². The third kappa shape index (κ3) is 3.44. The maximum Gasteiger partial charge on any atom is 0.120 e. The van der Waals surface area contributed by atoms with Gasteiger partial charge in [0.15, 0.2) is 0 Å². The van der Waals surface area contributed by atoms with E-state index in [1.54, 1.807) is 7.11 Å². The lowest BCUT2D eigenvalue weighted by molar-refractivity contribution is 0.415. The third-order valence-corrected chi connectivity index (χ3v) is 3.61. The summed E-state index contributed by atoms with van der Waals surface area (Å²) in [6, 6.07) is 13.9. The van der Waals surface area contributed by atoms with E-state index in [-0.39, 0.29) is 0 Å². The maximum atomic E-state index is 6.29. The van der Waals surface area contributed by atoms with Crippen molar-refractivity contribution in [1.29, 1.82) is 0 Å². The van der Waals surface area contributed by atoms with Gasteiger partial charge in [-0.2, -0.15) is 0 Å². The van der Waals surface area contributed by atoms with Crippen LogP contribution < -0.4 is 15.4 Å². The molecule has 0 atom stereocenters. The fourth-order valence-corrected chi connectivity index (χ4v) is 2.30.